The van der Waals surface area contributed by atoms with E-state index in [9.17, 15) is 0 Å². The zero-order valence-corrected chi connectivity index (χ0v) is 8.46. The summed E-state index contributed by atoms with van der Waals surface area (Å²) in [6, 6.07) is 8.63. The van der Waals surface area contributed by atoms with E-state index in [0.29, 0.717) is 6.04 Å². The first kappa shape index (κ1) is 9.04. The highest BCUT2D eigenvalue weighted by Crippen LogP contribution is 2.25. The molecule has 1 nitrogen and oxygen atoms in total. The highest BCUT2D eigenvalue weighted by Gasteiger charge is 2.21. The lowest BCUT2D eigenvalue weighted by atomic mass is 10.0. The van der Waals surface area contributed by atoms with Crippen LogP contribution in [-0.4, -0.2) is 18.0 Å². The third-order valence-corrected chi connectivity index (χ3v) is 2.88. The third kappa shape index (κ3) is 1.87. The van der Waals surface area contributed by atoms with Gasteiger partial charge in [0, 0.05) is 24.2 Å². The summed E-state index contributed by atoms with van der Waals surface area (Å²) in [4.78, 5) is 2.42. The molecule has 2 heteroatoms. The van der Waals surface area contributed by atoms with Gasteiger partial charge >= 0.3 is 0 Å². The van der Waals surface area contributed by atoms with Crippen LogP contribution in [0.3, 0.4) is 0 Å². The van der Waals surface area contributed by atoms with Gasteiger partial charge in [0.2, 0.25) is 0 Å². The van der Waals surface area contributed by atoms with Crippen LogP contribution in [0, 0.1) is 6.42 Å². The first-order valence-electron chi connectivity index (χ1n) is 4.58. The molecule has 2 rings (SSSR count). The third-order valence-electron chi connectivity index (χ3n) is 2.63. The van der Waals surface area contributed by atoms with E-state index in [1.807, 2.05) is 12.1 Å². The van der Waals surface area contributed by atoms with Gasteiger partial charge in [-0.25, -0.2) is 0 Å². The molecule has 1 heterocycles. The van der Waals surface area contributed by atoms with Crippen molar-refractivity contribution in [1.82, 2.24) is 4.90 Å². The second kappa shape index (κ2) is 3.69. The minimum Gasteiger partial charge on any atom is -0.296 e. The monoisotopic (exact) mass is 194 g/mol. The maximum atomic E-state index is 5.82. The Bertz CT molecular complexity index is 277. The SMILES string of the molecule is CC(c1ccc(Cl)cc1)N1C[CH]C1. The van der Waals surface area contributed by atoms with E-state index < -0.39 is 0 Å². The molecule has 1 saturated heterocycles. The molecule has 0 N–H and O–H groups in total. The highest BCUT2D eigenvalue weighted by molar-refractivity contribution is 6.30. The van der Waals surface area contributed by atoms with Crippen molar-refractivity contribution in [2.24, 2.45) is 0 Å². The minimum atomic E-state index is 0.516. The molecule has 0 amide bonds. The van der Waals surface area contributed by atoms with E-state index in [0.717, 1.165) is 18.1 Å². The molecule has 1 aromatic carbocycles. The van der Waals surface area contributed by atoms with Gasteiger partial charge in [-0.3, -0.25) is 4.90 Å². The molecule has 0 aromatic heterocycles. The summed E-state index contributed by atoms with van der Waals surface area (Å²) in [6.07, 6.45) is 2.28. The first-order chi connectivity index (χ1) is 6.27. The molecule has 13 heavy (non-hydrogen) atoms. The summed E-state index contributed by atoms with van der Waals surface area (Å²) < 4.78 is 0. The lowest BCUT2D eigenvalue weighted by Gasteiger charge is -2.36. The van der Waals surface area contributed by atoms with Gasteiger partial charge in [-0.05, 0) is 31.0 Å². The van der Waals surface area contributed by atoms with Crippen LogP contribution in [0.5, 0.6) is 0 Å². The molecule has 1 radical (unpaired) electrons. The van der Waals surface area contributed by atoms with Crippen LogP contribution in [0.4, 0.5) is 0 Å². The Morgan fingerprint density at radius 1 is 1.23 bits per heavy atom. The molecule has 1 aliphatic rings. The summed E-state index contributed by atoms with van der Waals surface area (Å²) in [7, 11) is 0. The molecule has 69 valence electrons. The zero-order valence-electron chi connectivity index (χ0n) is 7.70. The number of halogens is 1. The maximum absolute atomic E-state index is 5.82. The van der Waals surface area contributed by atoms with Crippen molar-refractivity contribution in [3.05, 3.63) is 41.3 Å². The number of benzene rings is 1. The van der Waals surface area contributed by atoms with E-state index in [2.05, 4.69) is 30.4 Å². The molecule has 0 spiro atoms. The maximum Gasteiger partial charge on any atom is 0.0406 e. The normalized spacial score (nSPS) is 19.5. The molecular weight excluding hydrogens is 182 g/mol. The van der Waals surface area contributed by atoms with Gasteiger partial charge in [-0.15, -0.1) is 0 Å². The van der Waals surface area contributed by atoms with E-state index >= 15 is 0 Å². The van der Waals surface area contributed by atoms with Crippen molar-refractivity contribution < 1.29 is 0 Å². The molecular formula is C11H13ClN. The topological polar surface area (TPSA) is 3.24 Å². The van der Waals surface area contributed by atoms with Crippen LogP contribution >= 0.6 is 11.6 Å². The van der Waals surface area contributed by atoms with Crippen molar-refractivity contribution >= 4 is 11.6 Å². The van der Waals surface area contributed by atoms with Crippen LogP contribution < -0.4 is 0 Å². The van der Waals surface area contributed by atoms with Crippen LogP contribution in [0.25, 0.3) is 0 Å². The van der Waals surface area contributed by atoms with Gasteiger partial charge < -0.3 is 0 Å². The Balaban J connectivity index is 2.10. The zero-order chi connectivity index (χ0) is 9.26. The van der Waals surface area contributed by atoms with Gasteiger partial charge in [0.25, 0.3) is 0 Å². The van der Waals surface area contributed by atoms with Gasteiger partial charge in [0.1, 0.15) is 0 Å². The van der Waals surface area contributed by atoms with Gasteiger partial charge in [0.15, 0.2) is 0 Å². The van der Waals surface area contributed by atoms with Crippen molar-refractivity contribution in [2.75, 3.05) is 13.1 Å². The molecule has 1 unspecified atom stereocenters. The largest absolute Gasteiger partial charge is 0.296 e. The Kier molecular flexibility index (Phi) is 2.56. The van der Waals surface area contributed by atoms with Gasteiger partial charge in [0.05, 0.1) is 0 Å². The fourth-order valence-electron chi connectivity index (χ4n) is 1.55. The Hall–Kier alpha value is -0.530. The average Bonchev–Trinajstić information content (AvgIpc) is 2.02. The van der Waals surface area contributed by atoms with Crippen molar-refractivity contribution in [3.8, 4) is 0 Å². The molecule has 0 bridgehead atoms. The van der Waals surface area contributed by atoms with Crippen LogP contribution in [0.15, 0.2) is 24.3 Å². The van der Waals surface area contributed by atoms with Crippen LogP contribution in [0.1, 0.15) is 18.5 Å². The predicted molar refractivity (Wildman–Crippen MR) is 55.7 cm³/mol. The minimum absolute atomic E-state index is 0.516. The van der Waals surface area contributed by atoms with E-state index in [4.69, 9.17) is 11.6 Å². The summed E-state index contributed by atoms with van der Waals surface area (Å²) >= 11 is 5.82. The molecule has 1 atom stereocenters. The molecule has 1 aliphatic heterocycles. The molecule has 1 aromatic rings. The fraction of sp³-hybridized carbons (Fsp3) is 0.364. The van der Waals surface area contributed by atoms with Crippen molar-refractivity contribution in [3.63, 3.8) is 0 Å². The number of nitrogens with zero attached hydrogens (tertiary/aromatic N) is 1. The van der Waals surface area contributed by atoms with Gasteiger partial charge in [-0.2, -0.15) is 0 Å². The van der Waals surface area contributed by atoms with E-state index in [1.165, 1.54) is 5.56 Å². The van der Waals surface area contributed by atoms with Gasteiger partial charge in [-0.1, -0.05) is 23.7 Å². The van der Waals surface area contributed by atoms with E-state index in [-0.39, 0.29) is 0 Å². The standard InChI is InChI=1S/C11H13ClN/c1-9(13-7-2-8-13)10-3-5-11(12)6-4-10/h2-6,9H,7-8H2,1H3. The second-order valence-corrected chi connectivity index (χ2v) is 3.91. The number of hydrogen-bond donors (Lipinski definition) is 0. The highest BCUT2D eigenvalue weighted by atomic mass is 35.5. The number of hydrogen-bond acceptors (Lipinski definition) is 1. The molecule has 0 aliphatic carbocycles. The van der Waals surface area contributed by atoms with Crippen molar-refractivity contribution in [1.29, 1.82) is 0 Å². The quantitative estimate of drug-likeness (QED) is 0.700. The summed E-state index contributed by atoms with van der Waals surface area (Å²) in [6.45, 7) is 4.46. The lowest BCUT2D eigenvalue weighted by molar-refractivity contribution is 0.182. The summed E-state index contributed by atoms with van der Waals surface area (Å²) in [5.41, 5.74) is 1.34. The molecule has 1 fully saturated rings. The van der Waals surface area contributed by atoms with Crippen LogP contribution in [-0.2, 0) is 0 Å². The van der Waals surface area contributed by atoms with Crippen molar-refractivity contribution in [2.45, 2.75) is 13.0 Å². The Labute approximate surface area is 84.3 Å². The Morgan fingerprint density at radius 2 is 1.85 bits per heavy atom. The number of likely N-dealkylation sites (tertiary alicyclic amines) is 1. The number of rotatable bonds is 2. The average molecular weight is 195 g/mol. The molecule has 0 saturated carbocycles. The lowest BCUT2D eigenvalue weighted by Crippen LogP contribution is -2.39. The summed E-state index contributed by atoms with van der Waals surface area (Å²) in [5, 5.41) is 0.811. The van der Waals surface area contributed by atoms with E-state index in [1.54, 1.807) is 0 Å². The fourth-order valence-corrected chi connectivity index (χ4v) is 1.67. The Morgan fingerprint density at radius 3 is 2.31 bits per heavy atom. The first-order valence-corrected chi connectivity index (χ1v) is 4.96. The summed E-state index contributed by atoms with van der Waals surface area (Å²) in [5.74, 6) is 0. The second-order valence-electron chi connectivity index (χ2n) is 3.47. The van der Waals surface area contributed by atoms with Crippen LogP contribution in [0.2, 0.25) is 5.02 Å². The predicted octanol–water partition coefficient (Wildman–Crippen LogP) is 2.92. The smallest absolute Gasteiger partial charge is 0.0406 e.